The smallest absolute Gasteiger partial charge is 0.324 e. The van der Waals surface area contributed by atoms with Crippen LogP contribution >= 0.6 is 0 Å². The zero-order chi connectivity index (χ0) is 24.1. The first-order chi connectivity index (χ1) is 16.5. The number of fused-ring (bicyclic) bond motifs is 1. The van der Waals surface area contributed by atoms with Crippen molar-refractivity contribution in [2.45, 2.75) is 38.8 Å². The minimum Gasteiger partial charge on any atom is -0.497 e. The summed E-state index contributed by atoms with van der Waals surface area (Å²) in [6.07, 6.45) is 2.09. The van der Waals surface area contributed by atoms with E-state index >= 15 is 0 Å². The summed E-state index contributed by atoms with van der Waals surface area (Å²) >= 11 is 0. The Labute approximate surface area is 200 Å². The Morgan fingerprint density at radius 3 is 2.56 bits per heavy atom. The second-order valence-corrected chi connectivity index (χ2v) is 8.67. The number of urea groups is 1. The molecule has 34 heavy (non-hydrogen) atoms. The minimum atomic E-state index is -0.117. The maximum Gasteiger partial charge on any atom is 0.324 e. The summed E-state index contributed by atoms with van der Waals surface area (Å²) < 4.78 is 16.7. The number of nitrogens with zero attached hydrogens (tertiary/aromatic N) is 2. The molecule has 3 amide bonds. The number of hydrogen-bond acceptors (Lipinski definition) is 5. The van der Waals surface area contributed by atoms with Crippen LogP contribution in [0.4, 0.5) is 10.5 Å². The number of para-hydroxylation sites is 2. The highest BCUT2D eigenvalue weighted by molar-refractivity contribution is 5.94. The van der Waals surface area contributed by atoms with E-state index in [1.165, 1.54) is 0 Å². The summed E-state index contributed by atoms with van der Waals surface area (Å²) in [6.45, 7) is 4.09. The fraction of sp³-hybridized carbons (Fsp3) is 0.462. The number of likely N-dealkylation sites (tertiary alicyclic amines) is 1. The molecule has 0 aromatic heterocycles. The maximum absolute atomic E-state index is 13.4. The molecule has 0 radical (unpaired) electrons. The van der Waals surface area contributed by atoms with Crippen molar-refractivity contribution in [2.75, 3.05) is 38.8 Å². The first-order valence-corrected chi connectivity index (χ1v) is 11.8. The molecule has 0 spiro atoms. The normalized spacial score (nSPS) is 18.0. The van der Waals surface area contributed by atoms with E-state index in [1.807, 2.05) is 46.2 Å². The van der Waals surface area contributed by atoms with E-state index in [-0.39, 0.29) is 24.0 Å². The average Bonchev–Trinajstić information content (AvgIpc) is 2.90. The van der Waals surface area contributed by atoms with Gasteiger partial charge in [-0.2, -0.15) is 0 Å². The van der Waals surface area contributed by atoms with Gasteiger partial charge in [-0.15, -0.1) is 0 Å². The van der Waals surface area contributed by atoms with Gasteiger partial charge in [0.25, 0.3) is 0 Å². The number of carbonyl (C=O) groups excluding carboxylic acids is 2. The fourth-order valence-corrected chi connectivity index (χ4v) is 4.52. The molecule has 1 atom stereocenters. The predicted octanol–water partition coefficient (Wildman–Crippen LogP) is 3.83. The fourth-order valence-electron chi connectivity index (χ4n) is 4.52. The number of nitrogens with one attached hydrogen (secondary N) is 1. The van der Waals surface area contributed by atoms with Crippen LogP contribution in [-0.4, -0.2) is 56.8 Å². The van der Waals surface area contributed by atoms with Crippen molar-refractivity contribution in [1.82, 2.24) is 10.2 Å². The van der Waals surface area contributed by atoms with Crippen molar-refractivity contribution in [3.8, 4) is 17.2 Å². The number of hydrogen-bond donors (Lipinski definition) is 1. The minimum absolute atomic E-state index is 0.00716. The van der Waals surface area contributed by atoms with E-state index in [4.69, 9.17) is 14.2 Å². The van der Waals surface area contributed by atoms with Crippen LogP contribution in [0.25, 0.3) is 0 Å². The molecular formula is C26H33N3O5. The SMILES string of the molecule is CC[C@@H]1CN(C(=O)N2CCC(C(=O)NCc3ccc(OC)cc3OC)CC2)c2ccccc2O1. The highest BCUT2D eigenvalue weighted by atomic mass is 16.5. The van der Waals surface area contributed by atoms with Gasteiger partial charge in [-0.25, -0.2) is 4.79 Å². The number of methoxy groups -OCH3 is 2. The van der Waals surface area contributed by atoms with Crippen molar-refractivity contribution in [3.63, 3.8) is 0 Å². The van der Waals surface area contributed by atoms with Crippen molar-refractivity contribution in [1.29, 1.82) is 0 Å². The number of carbonyl (C=O) groups is 2. The van der Waals surface area contributed by atoms with Gasteiger partial charge in [0, 0.05) is 37.2 Å². The molecule has 1 fully saturated rings. The topological polar surface area (TPSA) is 80.3 Å². The molecule has 2 aliphatic heterocycles. The van der Waals surface area contributed by atoms with Gasteiger partial charge in [-0.1, -0.05) is 19.1 Å². The quantitative estimate of drug-likeness (QED) is 0.699. The molecule has 1 N–H and O–H groups in total. The van der Waals surface area contributed by atoms with E-state index in [0.717, 1.165) is 23.4 Å². The summed E-state index contributed by atoms with van der Waals surface area (Å²) in [5.41, 5.74) is 1.70. The molecule has 182 valence electrons. The maximum atomic E-state index is 13.4. The molecule has 8 nitrogen and oxygen atoms in total. The van der Waals surface area contributed by atoms with Gasteiger partial charge in [-0.05, 0) is 43.5 Å². The van der Waals surface area contributed by atoms with Gasteiger partial charge in [0.1, 0.15) is 23.4 Å². The zero-order valence-electron chi connectivity index (χ0n) is 20.1. The Bertz CT molecular complexity index is 1020. The van der Waals surface area contributed by atoms with Crippen LogP contribution in [0.5, 0.6) is 17.2 Å². The lowest BCUT2D eigenvalue weighted by atomic mass is 9.96. The van der Waals surface area contributed by atoms with Crippen LogP contribution in [0.2, 0.25) is 0 Å². The van der Waals surface area contributed by atoms with Crippen LogP contribution in [0.3, 0.4) is 0 Å². The third kappa shape index (κ3) is 5.05. The van der Waals surface area contributed by atoms with E-state index in [0.29, 0.717) is 50.5 Å². The third-order valence-corrected chi connectivity index (χ3v) is 6.61. The Morgan fingerprint density at radius 1 is 1.09 bits per heavy atom. The van der Waals surface area contributed by atoms with Crippen LogP contribution in [0, 0.1) is 5.92 Å². The van der Waals surface area contributed by atoms with E-state index in [9.17, 15) is 9.59 Å². The van der Waals surface area contributed by atoms with E-state index < -0.39 is 0 Å². The summed E-state index contributed by atoms with van der Waals surface area (Å²) in [5.74, 6) is 2.02. The monoisotopic (exact) mass is 467 g/mol. The molecule has 2 aromatic carbocycles. The number of ether oxygens (including phenoxy) is 3. The summed E-state index contributed by atoms with van der Waals surface area (Å²) in [4.78, 5) is 29.8. The number of benzene rings is 2. The van der Waals surface area contributed by atoms with Gasteiger partial charge in [0.15, 0.2) is 0 Å². The Hall–Kier alpha value is -3.42. The molecule has 2 aromatic rings. The van der Waals surface area contributed by atoms with E-state index in [1.54, 1.807) is 20.3 Å². The molecule has 2 aliphatic rings. The van der Waals surface area contributed by atoms with Gasteiger partial charge < -0.3 is 24.4 Å². The van der Waals surface area contributed by atoms with Crippen molar-refractivity contribution >= 4 is 17.6 Å². The van der Waals surface area contributed by atoms with Gasteiger partial charge in [0.05, 0.1) is 26.5 Å². The molecule has 8 heteroatoms. The molecule has 0 saturated carbocycles. The molecule has 4 rings (SSSR count). The summed E-state index contributed by atoms with van der Waals surface area (Å²) in [7, 11) is 3.20. The molecule has 0 unspecified atom stereocenters. The molecular weight excluding hydrogens is 434 g/mol. The Kier molecular flexibility index (Phi) is 7.45. The lowest BCUT2D eigenvalue weighted by Gasteiger charge is -2.39. The van der Waals surface area contributed by atoms with Crippen LogP contribution in [0.15, 0.2) is 42.5 Å². The Balaban J connectivity index is 1.33. The van der Waals surface area contributed by atoms with Crippen LogP contribution in [-0.2, 0) is 11.3 Å². The standard InChI is InChI=1S/C26H33N3O5/c1-4-20-17-29(22-7-5-6-8-23(22)34-20)26(31)28-13-11-18(12-14-28)25(30)27-16-19-9-10-21(32-2)15-24(19)33-3/h5-10,15,18,20H,4,11-14,16-17H2,1-3H3,(H,27,30)/t20-/m1/s1. The van der Waals surface area contributed by atoms with Crippen LogP contribution in [0.1, 0.15) is 31.7 Å². The number of amides is 3. The van der Waals surface area contributed by atoms with Crippen molar-refractivity contribution < 1.29 is 23.8 Å². The van der Waals surface area contributed by atoms with Gasteiger partial charge in [0.2, 0.25) is 5.91 Å². The largest absolute Gasteiger partial charge is 0.497 e. The number of piperidine rings is 1. The molecule has 0 bridgehead atoms. The van der Waals surface area contributed by atoms with Crippen LogP contribution < -0.4 is 24.4 Å². The highest BCUT2D eigenvalue weighted by Crippen LogP contribution is 2.35. The Morgan fingerprint density at radius 2 is 1.85 bits per heavy atom. The van der Waals surface area contributed by atoms with Gasteiger partial charge in [-0.3, -0.25) is 9.69 Å². The first kappa shape index (κ1) is 23.7. The lowest BCUT2D eigenvalue weighted by Crippen LogP contribution is -2.52. The summed E-state index contributed by atoms with van der Waals surface area (Å²) in [6, 6.07) is 13.2. The van der Waals surface area contributed by atoms with Gasteiger partial charge >= 0.3 is 6.03 Å². The highest BCUT2D eigenvalue weighted by Gasteiger charge is 2.34. The number of anilines is 1. The van der Waals surface area contributed by atoms with Crippen molar-refractivity contribution in [2.24, 2.45) is 5.92 Å². The molecule has 2 heterocycles. The molecule has 0 aliphatic carbocycles. The third-order valence-electron chi connectivity index (χ3n) is 6.61. The predicted molar refractivity (Wildman–Crippen MR) is 130 cm³/mol. The lowest BCUT2D eigenvalue weighted by molar-refractivity contribution is -0.126. The average molecular weight is 468 g/mol. The number of rotatable bonds is 6. The second kappa shape index (κ2) is 10.7. The van der Waals surface area contributed by atoms with Crippen molar-refractivity contribution in [3.05, 3.63) is 48.0 Å². The first-order valence-electron chi connectivity index (χ1n) is 11.8. The second-order valence-electron chi connectivity index (χ2n) is 8.67. The zero-order valence-corrected chi connectivity index (χ0v) is 20.1. The van der Waals surface area contributed by atoms with E-state index in [2.05, 4.69) is 12.2 Å². The summed E-state index contributed by atoms with van der Waals surface area (Å²) in [5, 5.41) is 3.02. The molecule has 1 saturated heterocycles.